The van der Waals surface area contributed by atoms with E-state index in [4.69, 9.17) is 0 Å². The minimum absolute atomic E-state index is 0.0310. The van der Waals surface area contributed by atoms with Crippen LogP contribution in [0.3, 0.4) is 0 Å². The summed E-state index contributed by atoms with van der Waals surface area (Å²) in [7, 11) is 0. The van der Waals surface area contributed by atoms with Crippen molar-refractivity contribution in [1.29, 1.82) is 0 Å². The maximum atomic E-state index is 12.0. The molecule has 20 heavy (non-hydrogen) atoms. The Balaban J connectivity index is 2.32. The van der Waals surface area contributed by atoms with Gasteiger partial charge in [-0.15, -0.1) is 0 Å². The topological polar surface area (TPSA) is 44.9 Å². The van der Waals surface area contributed by atoms with Gasteiger partial charge in [0.2, 0.25) is 5.91 Å². The standard InChI is InChI=1S/C17H24N2O/c1-16(2,3)14-10-11-9-12(7-8-13(11)19-14)18-15(20)17(4,5)6/h7-10,19H,1-6H3,(H,18,20). The van der Waals surface area contributed by atoms with Gasteiger partial charge in [0.15, 0.2) is 0 Å². The number of aromatic amines is 1. The highest BCUT2D eigenvalue weighted by atomic mass is 16.2. The minimum Gasteiger partial charge on any atom is -0.358 e. The molecule has 1 heterocycles. The van der Waals surface area contributed by atoms with Crippen LogP contribution >= 0.6 is 0 Å². The van der Waals surface area contributed by atoms with Gasteiger partial charge in [0.25, 0.3) is 0 Å². The molecular weight excluding hydrogens is 248 g/mol. The summed E-state index contributed by atoms with van der Waals surface area (Å²) < 4.78 is 0. The summed E-state index contributed by atoms with van der Waals surface area (Å²) in [6, 6.07) is 8.13. The zero-order chi connectivity index (χ0) is 15.1. The second kappa shape index (κ2) is 4.65. The molecule has 0 fully saturated rings. The van der Waals surface area contributed by atoms with E-state index in [0.717, 1.165) is 16.6 Å². The molecular formula is C17H24N2O. The van der Waals surface area contributed by atoms with Gasteiger partial charge in [-0.1, -0.05) is 41.5 Å². The molecule has 0 aliphatic carbocycles. The molecule has 0 saturated carbocycles. The largest absolute Gasteiger partial charge is 0.358 e. The van der Waals surface area contributed by atoms with Gasteiger partial charge < -0.3 is 10.3 Å². The third kappa shape index (κ3) is 3.03. The molecule has 0 atom stereocenters. The number of hydrogen-bond donors (Lipinski definition) is 2. The zero-order valence-electron chi connectivity index (χ0n) is 13.2. The van der Waals surface area contributed by atoms with Crippen molar-refractivity contribution in [3.63, 3.8) is 0 Å². The fourth-order valence-electron chi connectivity index (χ4n) is 1.93. The fraction of sp³-hybridized carbons (Fsp3) is 0.471. The highest BCUT2D eigenvalue weighted by Gasteiger charge is 2.21. The van der Waals surface area contributed by atoms with Crippen molar-refractivity contribution in [3.05, 3.63) is 30.0 Å². The lowest BCUT2D eigenvalue weighted by molar-refractivity contribution is -0.123. The first-order valence-electron chi connectivity index (χ1n) is 7.02. The average molecular weight is 272 g/mol. The molecule has 1 aromatic heterocycles. The van der Waals surface area contributed by atoms with Crippen LogP contribution in [0.1, 0.15) is 47.2 Å². The van der Waals surface area contributed by atoms with Gasteiger partial charge in [0.1, 0.15) is 0 Å². The van der Waals surface area contributed by atoms with E-state index in [2.05, 4.69) is 37.1 Å². The average Bonchev–Trinajstić information content (AvgIpc) is 2.70. The van der Waals surface area contributed by atoms with E-state index in [9.17, 15) is 4.79 Å². The van der Waals surface area contributed by atoms with E-state index in [0.29, 0.717) is 0 Å². The quantitative estimate of drug-likeness (QED) is 0.791. The first-order valence-corrected chi connectivity index (χ1v) is 7.02. The Morgan fingerprint density at radius 3 is 2.25 bits per heavy atom. The van der Waals surface area contributed by atoms with Crippen LogP contribution in [0.25, 0.3) is 10.9 Å². The lowest BCUT2D eigenvalue weighted by Crippen LogP contribution is -2.27. The highest BCUT2D eigenvalue weighted by Crippen LogP contribution is 2.28. The van der Waals surface area contributed by atoms with Crippen LogP contribution in [0.5, 0.6) is 0 Å². The van der Waals surface area contributed by atoms with Crippen LogP contribution in [0, 0.1) is 5.41 Å². The number of rotatable bonds is 1. The lowest BCUT2D eigenvalue weighted by Gasteiger charge is -2.17. The predicted octanol–water partition coefficient (Wildman–Crippen LogP) is 4.45. The summed E-state index contributed by atoms with van der Waals surface area (Å²) in [5, 5.41) is 4.10. The summed E-state index contributed by atoms with van der Waals surface area (Å²) >= 11 is 0. The molecule has 108 valence electrons. The van der Waals surface area contributed by atoms with Crippen LogP contribution in [0.15, 0.2) is 24.3 Å². The molecule has 3 heteroatoms. The number of carbonyl (C=O) groups excluding carboxylic acids is 1. The fourth-order valence-corrected chi connectivity index (χ4v) is 1.93. The number of aromatic nitrogens is 1. The number of H-pyrrole nitrogens is 1. The number of hydrogen-bond acceptors (Lipinski definition) is 1. The maximum absolute atomic E-state index is 12.0. The van der Waals surface area contributed by atoms with Gasteiger partial charge in [-0.25, -0.2) is 0 Å². The Bertz CT molecular complexity index is 639. The lowest BCUT2D eigenvalue weighted by atomic mass is 9.92. The van der Waals surface area contributed by atoms with Crippen molar-refractivity contribution in [2.45, 2.75) is 47.0 Å². The summed E-state index contributed by atoms with van der Waals surface area (Å²) in [4.78, 5) is 15.4. The third-order valence-electron chi connectivity index (χ3n) is 3.37. The number of amides is 1. The van der Waals surface area contributed by atoms with Crippen molar-refractivity contribution >= 4 is 22.5 Å². The molecule has 1 amide bonds. The van der Waals surface area contributed by atoms with Crippen molar-refractivity contribution in [2.24, 2.45) is 5.41 Å². The summed E-state index contributed by atoms with van der Waals surface area (Å²) in [5.74, 6) is 0.0310. The number of anilines is 1. The summed E-state index contributed by atoms with van der Waals surface area (Å²) in [6.07, 6.45) is 0. The Kier molecular flexibility index (Phi) is 3.41. The zero-order valence-corrected chi connectivity index (χ0v) is 13.2. The van der Waals surface area contributed by atoms with E-state index in [1.807, 2.05) is 39.0 Å². The van der Waals surface area contributed by atoms with Crippen molar-refractivity contribution in [3.8, 4) is 0 Å². The smallest absolute Gasteiger partial charge is 0.229 e. The van der Waals surface area contributed by atoms with E-state index < -0.39 is 0 Å². The van der Waals surface area contributed by atoms with Gasteiger partial charge >= 0.3 is 0 Å². The monoisotopic (exact) mass is 272 g/mol. The molecule has 2 rings (SSSR count). The van der Waals surface area contributed by atoms with E-state index in [-0.39, 0.29) is 16.7 Å². The molecule has 0 unspecified atom stereocenters. The first kappa shape index (κ1) is 14.6. The minimum atomic E-state index is -0.385. The second-order valence-electron chi connectivity index (χ2n) is 7.44. The number of nitrogens with one attached hydrogen (secondary N) is 2. The number of benzene rings is 1. The molecule has 1 aromatic carbocycles. The van der Waals surface area contributed by atoms with E-state index in [1.54, 1.807) is 0 Å². The molecule has 0 radical (unpaired) electrons. The SMILES string of the molecule is CC(C)(C)C(=O)Nc1ccc2[nH]c(C(C)(C)C)cc2c1. The number of fused-ring (bicyclic) bond motifs is 1. The molecule has 0 spiro atoms. The molecule has 2 N–H and O–H groups in total. The molecule has 0 saturated heterocycles. The van der Waals surface area contributed by atoms with Gasteiger partial charge in [0, 0.05) is 33.1 Å². The third-order valence-corrected chi connectivity index (χ3v) is 3.37. The van der Waals surface area contributed by atoms with Gasteiger partial charge in [-0.2, -0.15) is 0 Å². The Labute approximate surface area is 120 Å². The molecule has 0 aliphatic rings. The van der Waals surface area contributed by atoms with Crippen LogP contribution in [-0.2, 0) is 10.2 Å². The first-order chi connectivity index (χ1) is 9.07. The van der Waals surface area contributed by atoms with Crippen LogP contribution in [0.2, 0.25) is 0 Å². The van der Waals surface area contributed by atoms with Crippen molar-refractivity contribution in [2.75, 3.05) is 5.32 Å². The van der Waals surface area contributed by atoms with E-state index in [1.165, 1.54) is 5.69 Å². The maximum Gasteiger partial charge on any atom is 0.229 e. The van der Waals surface area contributed by atoms with Gasteiger partial charge in [-0.05, 0) is 24.3 Å². The Morgan fingerprint density at radius 2 is 1.70 bits per heavy atom. The summed E-state index contributed by atoms with van der Waals surface area (Å²) in [6.45, 7) is 12.3. The van der Waals surface area contributed by atoms with Crippen LogP contribution < -0.4 is 5.32 Å². The van der Waals surface area contributed by atoms with Crippen molar-refractivity contribution < 1.29 is 4.79 Å². The predicted molar refractivity (Wildman–Crippen MR) is 85.1 cm³/mol. The highest BCUT2D eigenvalue weighted by molar-refractivity contribution is 5.96. The van der Waals surface area contributed by atoms with Crippen LogP contribution in [-0.4, -0.2) is 10.9 Å². The second-order valence-corrected chi connectivity index (χ2v) is 7.44. The van der Waals surface area contributed by atoms with Gasteiger partial charge in [-0.3, -0.25) is 4.79 Å². The Morgan fingerprint density at radius 1 is 1.05 bits per heavy atom. The normalized spacial score (nSPS) is 12.7. The van der Waals surface area contributed by atoms with Crippen molar-refractivity contribution in [1.82, 2.24) is 4.98 Å². The molecule has 0 aliphatic heterocycles. The molecule has 2 aromatic rings. The summed E-state index contributed by atoms with van der Waals surface area (Å²) in [5.41, 5.74) is 2.85. The Hall–Kier alpha value is -1.77. The molecule has 0 bridgehead atoms. The number of carbonyl (C=O) groups is 1. The van der Waals surface area contributed by atoms with E-state index >= 15 is 0 Å². The van der Waals surface area contributed by atoms with Crippen LogP contribution in [0.4, 0.5) is 5.69 Å². The molecule has 3 nitrogen and oxygen atoms in total. The van der Waals surface area contributed by atoms with Gasteiger partial charge in [0.05, 0.1) is 0 Å².